The summed E-state index contributed by atoms with van der Waals surface area (Å²) in [4.78, 5) is -0.258. The molecule has 21 heavy (non-hydrogen) atoms. The van der Waals surface area contributed by atoms with Crippen LogP contribution in [0.25, 0.3) is 0 Å². The maximum Gasteiger partial charge on any atom is 0.246 e. The zero-order chi connectivity index (χ0) is 16.0. The zero-order valence-electron chi connectivity index (χ0n) is 11.1. The summed E-state index contributed by atoms with van der Waals surface area (Å²) in [6, 6.07) is 1.96. The third kappa shape index (κ3) is 3.29. The predicted molar refractivity (Wildman–Crippen MR) is 82.9 cm³/mol. The van der Waals surface area contributed by atoms with Crippen molar-refractivity contribution in [3.8, 4) is 0 Å². The van der Waals surface area contributed by atoms with Crippen molar-refractivity contribution < 1.29 is 16.8 Å². The van der Waals surface area contributed by atoms with E-state index in [2.05, 4.69) is 0 Å². The molecule has 6 nitrogen and oxygen atoms in total. The Morgan fingerprint density at radius 1 is 1.29 bits per heavy atom. The Balaban J connectivity index is 2.44. The molecule has 1 saturated heterocycles. The van der Waals surface area contributed by atoms with Gasteiger partial charge in [0.1, 0.15) is 4.90 Å². The summed E-state index contributed by atoms with van der Waals surface area (Å²) in [5.41, 5.74) is 5.79. The van der Waals surface area contributed by atoms with Gasteiger partial charge in [0.15, 0.2) is 9.84 Å². The topological polar surface area (TPSA) is 97.5 Å². The number of halogens is 2. The highest BCUT2D eigenvalue weighted by Gasteiger charge is 2.38. The van der Waals surface area contributed by atoms with Crippen LogP contribution in [-0.2, 0) is 19.9 Å². The van der Waals surface area contributed by atoms with Crippen LogP contribution >= 0.6 is 23.2 Å². The molecule has 2 N–H and O–H groups in total. The highest BCUT2D eigenvalue weighted by Crippen LogP contribution is 2.35. The molecule has 0 bridgehead atoms. The van der Waals surface area contributed by atoms with Crippen molar-refractivity contribution in [2.24, 2.45) is 0 Å². The molecule has 2 rings (SSSR count). The number of hydrogen-bond donors (Lipinski definition) is 1. The summed E-state index contributed by atoms with van der Waals surface area (Å²) in [5.74, 6) is -0.229. The lowest BCUT2D eigenvalue weighted by atomic mass is 10.3. The van der Waals surface area contributed by atoms with Crippen LogP contribution < -0.4 is 5.73 Å². The monoisotopic (exact) mass is 372 g/mol. The van der Waals surface area contributed by atoms with Crippen LogP contribution in [0.4, 0.5) is 5.69 Å². The van der Waals surface area contributed by atoms with E-state index in [-0.39, 0.29) is 38.6 Å². The molecule has 1 aromatic carbocycles. The lowest BCUT2D eigenvalue weighted by Crippen LogP contribution is -2.38. The van der Waals surface area contributed by atoms with Gasteiger partial charge in [-0.1, -0.05) is 23.2 Å². The van der Waals surface area contributed by atoms with E-state index in [9.17, 15) is 16.8 Å². The number of nitrogens with two attached hydrogens (primary N) is 1. The number of hydrogen-bond acceptors (Lipinski definition) is 5. The number of nitrogens with zero attached hydrogens (tertiary/aromatic N) is 1. The van der Waals surface area contributed by atoms with Crippen LogP contribution in [-0.4, -0.2) is 45.7 Å². The van der Waals surface area contributed by atoms with Gasteiger partial charge in [0.05, 0.1) is 21.6 Å². The molecule has 0 aliphatic carbocycles. The minimum atomic E-state index is -4.00. The smallest absolute Gasteiger partial charge is 0.246 e. The SMILES string of the molecule is CN(C1CCS(=O)(=O)C1)S(=O)(=O)c1c(Cl)cc(N)cc1Cl. The van der Waals surface area contributed by atoms with E-state index in [0.29, 0.717) is 0 Å². The molecular formula is C11H14Cl2N2O4S2. The average Bonchev–Trinajstić information content (AvgIpc) is 2.66. The number of benzene rings is 1. The molecule has 1 unspecified atom stereocenters. The van der Waals surface area contributed by atoms with E-state index in [4.69, 9.17) is 28.9 Å². The maximum atomic E-state index is 12.6. The summed E-state index contributed by atoms with van der Waals surface area (Å²) >= 11 is 11.9. The Morgan fingerprint density at radius 2 is 1.81 bits per heavy atom. The minimum Gasteiger partial charge on any atom is -0.399 e. The Hall–Kier alpha value is -0.540. The van der Waals surface area contributed by atoms with Gasteiger partial charge in [0.25, 0.3) is 0 Å². The fourth-order valence-electron chi connectivity index (χ4n) is 2.23. The normalized spacial score (nSPS) is 21.8. The second-order valence-electron chi connectivity index (χ2n) is 4.89. The first-order valence-electron chi connectivity index (χ1n) is 5.97. The molecule has 1 fully saturated rings. The first kappa shape index (κ1) is 16.8. The summed E-state index contributed by atoms with van der Waals surface area (Å²) in [6.07, 6.45) is 0.252. The predicted octanol–water partition coefficient (Wildman–Crippen LogP) is 1.38. The van der Waals surface area contributed by atoms with Gasteiger partial charge in [0.2, 0.25) is 10.0 Å². The molecule has 0 aromatic heterocycles. The van der Waals surface area contributed by atoms with E-state index in [1.165, 1.54) is 19.2 Å². The molecule has 1 aromatic rings. The van der Waals surface area contributed by atoms with Gasteiger partial charge in [-0.2, -0.15) is 4.31 Å². The number of sulfonamides is 1. The largest absolute Gasteiger partial charge is 0.399 e. The summed E-state index contributed by atoms with van der Waals surface area (Å²) in [7, 11) is -5.88. The molecule has 10 heteroatoms. The summed E-state index contributed by atoms with van der Waals surface area (Å²) < 4.78 is 49.2. The molecule has 0 amide bonds. The molecular weight excluding hydrogens is 359 g/mol. The number of sulfone groups is 1. The Morgan fingerprint density at radius 3 is 2.24 bits per heavy atom. The van der Waals surface area contributed by atoms with Crippen molar-refractivity contribution in [3.63, 3.8) is 0 Å². The lowest BCUT2D eigenvalue weighted by molar-refractivity contribution is 0.394. The molecule has 1 atom stereocenters. The second kappa shape index (κ2) is 5.58. The quantitative estimate of drug-likeness (QED) is 0.808. The lowest BCUT2D eigenvalue weighted by Gasteiger charge is -2.24. The molecule has 0 spiro atoms. The Labute approximate surface area is 133 Å². The van der Waals surface area contributed by atoms with Crippen LogP contribution in [0.15, 0.2) is 17.0 Å². The second-order valence-corrected chi connectivity index (χ2v) is 9.87. The van der Waals surface area contributed by atoms with Gasteiger partial charge in [-0.05, 0) is 18.6 Å². The number of anilines is 1. The standard InChI is InChI=1S/C11H14Cl2N2O4S2/c1-15(8-2-3-20(16,17)6-8)21(18,19)11-9(12)4-7(14)5-10(11)13/h4-5,8H,2-3,6,14H2,1H3. The first-order chi connectivity index (χ1) is 9.54. The van der Waals surface area contributed by atoms with E-state index < -0.39 is 25.9 Å². The third-order valence-corrected chi connectivity index (χ3v) is 7.96. The van der Waals surface area contributed by atoms with Crippen LogP contribution in [0.1, 0.15) is 6.42 Å². The fraction of sp³-hybridized carbons (Fsp3) is 0.455. The fourth-order valence-corrected chi connectivity index (χ4v) is 6.66. The van der Waals surface area contributed by atoms with E-state index in [1.54, 1.807) is 0 Å². The van der Waals surface area contributed by atoms with Crippen molar-refractivity contribution in [1.82, 2.24) is 4.31 Å². The molecule has 1 aliphatic rings. The van der Waals surface area contributed by atoms with Gasteiger partial charge >= 0.3 is 0 Å². The molecule has 0 radical (unpaired) electrons. The van der Waals surface area contributed by atoms with Crippen LogP contribution in [0.5, 0.6) is 0 Å². The van der Waals surface area contributed by atoms with Gasteiger partial charge in [-0.15, -0.1) is 0 Å². The Bertz CT molecular complexity index is 754. The summed E-state index contributed by atoms with van der Waals surface area (Å²) in [5, 5.41) is -0.180. The van der Waals surface area contributed by atoms with Gasteiger partial charge in [0, 0.05) is 18.8 Å². The van der Waals surface area contributed by atoms with Gasteiger partial charge in [-0.25, -0.2) is 16.8 Å². The van der Waals surface area contributed by atoms with E-state index >= 15 is 0 Å². The van der Waals surface area contributed by atoms with Crippen molar-refractivity contribution in [3.05, 3.63) is 22.2 Å². The minimum absolute atomic E-state index is 0.0271. The van der Waals surface area contributed by atoms with Crippen LogP contribution in [0.3, 0.4) is 0 Å². The third-order valence-electron chi connectivity index (χ3n) is 3.38. The van der Waals surface area contributed by atoms with Crippen molar-refractivity contribution in [1.29, 1.82) is 0 Å². The van der Waals surface area contributed by atoms with Gasteiger partial charge in [-0.3, -0.25) is 0 Å². The molecule has 1 heterocycles. The van der Waals surface area contributed by atoms with Gasteiger partial charge < -0.3 is 5.73 Å². The highest BCUT2D eigenvalue weighted by atomic mass is 35.5. The molecule has 118 valence electrons. The first-order valence-corrected chi connectivity index (χ1v) is 9.99. The number of rotatable bonds is 3. The zero-order valence-corrected chi connectivity index (χ0v) is 14.2. The van der Waals surface area contributed by atoms with Crippen molar-refractivity contribution in [2.45, 2.75) is 17.4 Å². The number of nitrogen functional groups attached to an aromatic ring is 1. The van der Waals surface area contributed by atoms with Crippen LogP contribution in [0, 0.1) is 0 Å². The van der Waals surface area contributed by atoms with E-state index in [0.717, 1.165) is 4.31 Å². The average molecular weight is 373 g/mol. The maximum absolute atomic E-state index is 12.6. The van der Waals surface area contributed by atoms with E-state index in [1.807, 2.05) is 0 Å². The molecule has 0 saturated carbocycles. The Kier molecular flexibility index (Phi) is 4.47. The van der Waals surface area contributed by atoms with Crippen LogP contribution in [0.2, 0.25) is 10.0 Å². The highest BCUT2D eigenvalue weighted by molar-refractivity contribution is 7.92. The van der Waals surface area contributed by atoms with Crippen molar-refractivity contribution >= 4 is 48.7 Å². The summed E-state index contributed by atoms with van der Waals surface area (Å²) in [6.45, 7) is 0. The van der Waals surface area contributed by atoms with Crippen molar-refractivity contribution in [2.75, 3.05) is 24.3 Å². The molecule has 1 aliphatic heterocycles.